The van der Waals surface area contributed by atoms with Crippen LogP contribution in [0.5, 0.6) is 0 Å². The van der Waals surface area contributed by atoms with Gasteiger partial charge in [0, 0.05) is 18.8 Å². The van der Waals surface area contributed by atoms with Gasteiger partial charge in [-0.3, -0.25) is 4.98 Å². The number of aromatic nitrogens is 1. The van der Waals surface area contributed by atoms with Crippen molar-refractivity contribution in [2.45, 2.75) is 32.9 Å². The summed E-state index contributed by atoms with van der Waals surface area (Å²) in [5.74, 6) is -0.203. The molecule has 0 fully saturated rings. The normalized spacial score (nSPS) is 12.2. The fourth-order valence-corrected chi connectivity index (χ4v) is 2.36. The third kappa shape index (κ3) is 4.26. The van der Waals surface area contributed by atoms with Gasteiger partial charge in [-0.15, -0.1) is 0 Å². The van der Waals surface area contributed by atoms with Crippen LogP contribution in [0.4, 0.5) is 10.1 Å². The molecule has 2 N–H and O–H groups in total. The Morgan fingerprint density at radius 2 is 2.10 bits per heavy atom. The van der Waals surface area contributed by atoms with Crippen molar-refractivity contribution in [2.75, 3.05) is 11.4 Å². The molecule has 21 heavy (non-hydrogen) atoms. The summed E-state index contributed by atoms with van der Waals surface area (Å²) in [4.78, 5) is 6.28. The molecule has 2 aromatic rings. The molecule has 0 radical (unpaired) electrons. The molecule has 0 bridgehead atoms. The monoisotopic (exact) mass is 287 g/mol. The third-order valence-electron chi connectivity index (χ3n) is 3.37. The summed E-state index contributed by atoms with van der Waals surface area (Å²) in [6, 6.07) is 11.2. The Bertz CT molecular complexity index is 570. The third-order valence-corrected chi connectivity index (χ3v) is 3.37. The molecule has 2 rings (SSSR count). The molecule has 1 heterocycles. The molecule has 0 spiro atoms. The minimum Gasteiger partial charge on any atom is -0.364 e. The fraction of sp³-hybridized carbons (Fsp3) is 0.353. The van der Waals surface area contributed by atoms with Crippen LogP contribution >= 0.6 is 0 Å². The predicted molar refractivity (Wildman–Crippen MR) is 84.7 cm³/mol. The lowest BCUT2D eigenvalue weighted by Gasteiger charge is -2.23. The molecule has 0 saturated carbocycles. The van der Waals surface area contributed by atoms with Crippen LogP contribution in [0.1, 0.15) is 25.1 Å². The van der Waals surface area contributed by atoms with Crippen molar-refractivity contribution >= 4 is 5.69 Å². The van der Waals surface area contributed by atoms with Crippen LogP contribution < -0.4 is 10.6 Å². The van der Waals surface area contributed by atoms with E-state index in [9.17, 15) is 4.39 Å². The van der Waals surface area contributed by atoms with Crippen molar-refractivity contribution in [2.24, 2.45) is 5.73 Å². The summed E-state index contributed by atoms with van der Waals surface area (Å²) < 4.78 is 14.3. The van der Waals surface area contributed by atoms with Gasteiger partial charge in [0.15, 0.2) is 0 Å². The van der Waals surface area contributed by atoms with Gasteiger partial charge in [0.2, 0.25) is 0 Å². The lowest BCUT2D eigenvalue weighted by Crippen LogP contribution is -2.24. The van der Waals surface area contributed by atoms with Gasteiger partial charge in [-0.2, -0.15) is 0 Å². The Kier molecular flexibility index (Phi) is 5.28. The van der Waals surface area contributed by atoms with Crippen molar-refractivity contribution in [3.8, 4) is 0 Å². The minimum atomic E-state index is -0.203. The molecule has 1 atom stereocenters. The average molecular weight is 287 g/mol. The average Bonchev–Trinajstić information content (AvgIpc) is 2.46. The van der Waals surface area contributed by atoms with Crippen molar-refractivity contribution in [3.63, 3.8) is 0 Å². The Hall–Kier alpha value is -1.94. The van der Waals surface area contributed by atoms with Crippen LogP contribution in [0.2, 0.25) is 0 Å². The van der Waals surface area contributed by atoms with Gasteiger partial charge in [-0.1, -0.05) is 12.1 Å². The summed E-state index contributed by atoms with van der Waals surface area (Å²) in [6.07, 6.45) is 2.44. The van der Waals surface area contributed by atoms with E-state index in [0.29, 0.717) is 18.7 Å². The number of pyridine rings is 1. The summed E-state index contributed by atoms with van der Waals surface area (Å²) in [5.41, 5.74) is 8.23. The quantitative estimate of drug-likeness (QED) is 0.887. The summed E-state index contributed by atoms with van der Waals surface area (Å²) in [5, 5.41) is 0. The van der Waals surface area contributed by atoms with E-state index in [0.717, 1.165) is 17.8 Å². The van der Waals surface area contributed by atoms with Gasteiger partial charge >= 0.3 is 0 Å². The molecule has 0 aliphatic rings. The molecule has 0 saturated heterocycles. The second-order valence-corrected chi connectivity index (χ2v) is 5.30. The van der Waals surface area contributed by atoms with Gasteiger partial charge in [0.25, 0.3) is 0 Å². The van der Waals surface area contributed by atoms with Gasteiger partial charge in [0.05, 0.1) is 17.9 Å². The number of halogens is 1. The standard InChI is InChI=1S/C17H22FN3/c1-3-21(12-15-6-4-5-9-20-15)17-8-7-14(10-13(2)19)11-16(17)18/h4-9,11,13H,3,10,12,19H2,1-2H3. The highest BCUT2D eigenvalue weighted by Crippen LogP contribution is 2.22. The smallest absolute Gasteiger partial charge is 0.146 e. The van der Waals surface area contributed by atoms with Crippen LogP contribution in [0.25, 0.3) is 0 Å². The highest BCUT2D eigenvalue weighted by atomic mass is 19.1. The van der Waals surface area contributed by atoms with Gasteiger partial charge < -0.3 is 10.6 Å². The van der Waals surface area contributed by atoms with Gasteiger partial charge in [-0.25, -0.2) is 4.39 Å². The lowest BCUT2D eigenvalue weighted by atomic mass is 10.1. The molecule has 0 aliphatic carbocycles. The van der Waals surface area contributed by atoms with E-state index in [4.69, 9.17) is 5.73 Å². The SMILES string of the molecule is CCN(Cc1ccccn1)c1ccc(CC(C)N)cc1F. The van der Waals surface area contributed by atoms with Crippen LogP contribution in [0, 0.1) is 5.82 Å². The maximum Gasteiger partial charge on any atom is 0.146 e. The number of nitrogens with zero attached hydrogens (tertiary/aromatic N) is 2. The van der Waals surface area contributed by atoms with E-state index >= 15 is 0 Å². The lowest BCUT2D eigenvalue weighted by molar-refractivity contribution is 0.612. The summed E-state index contributed by atoms with van der Waals surface area (Å²) >= 11 is 0. The predicted octanol–water partition coefficient (Wildman–Crippen LogP) is 3.14. The van der Waals surface area contributed by atoms with Crippen molar-refractivity contribution in [1.29, 1.82) is 0 Å². The topological polar surface area (TPSA) is 42.2 Å². The van der Waals surface area contributed by atoms with E-state index in [1.807, 2.05) is 49.1 Å². The molecule has 1 aromatic carbocycles. The zero-order chi connectivity index (χ0) is 15.2. The van der Waals surface area contributed by atoms with Crippen LogP contribution in [0.3, 0.4) is 0 Å². The number of anilines is 1. The Morgan fingerprint density at radius 3 is 2.67 bits per heavy atom. The second kappa shape index (κ2) is 7.18. The van der Waals surface area contributed by atoms with Crippen LogP contribution in [-0.4, -0.2) is 17.6 Å². The minimum absolute atomic E-state index is 0.0334. The molecule has 0 aliphatic heterocycles. The zero-order valence-electron chi connectivity index (χ0n) is 12.6. The maximum absolute atomic E-state index is 14.3. The Labute approximate surface area is 125 Å². The molecule has 0 amide bonds. The van der Waals surface area contributed by atoms with Crippen LogP contribution in [-0.2, 0) is 13.0 Å². The number of rotatable bonds is 6. The van der Waals surface area contributed by atoms with E-state index in [1.165, 1.54) is 0 Å². The molecule has 3 nitrogen and oxygen atoms in total. The van der Waals surface area contributed by atoms with Gasteiger partial charge in [0.1, 0.15) is 5.82 Å². The molecule has 1 unspecified atom stereocenters. The van der Waals surface area contributed by atoms with E-state index in [-0.39, 0.29) is 11.9 Å². The highest BCUT2D eigenvalue weighted by Gasteiger charge is 2.12. The highest BCUT2D eigenvalue weighted by molar-refractivity contribution is 5.49. The number of benzene rings is 1. The fourth-order valence-electron chi connectivity index (χ4n) is 2.36. The first-order valence-corrected chi connectivity index (χ1v) is 7.29. The first kappa shape index (κ1) is 15.4. The van der Waals surface area contributed by atoms with Gasteiger partial charge in [-0.05, 0) is 50.1 Å². The van der Waals surface area contributed by atoms with Crippen molar-refractivity contribution in [1.82, 2.24) is 4.98 Å². The second-order valence-electron chi connectivity index (χ2n) is 5.30. The van der Waals surface area contributed by atoms with E-state index in [2.05, 4.69) is 4.98 Å². The Balaban J connectivity index is 2.18. The Morgan fingerprint density at radius 1 is 1.29 bits per heavy atom. The molecular weight excluding hydrogens is 265 g/mol. The zero-order valence-corrected chi connectivity index (χ0v) is 12.6. The number of hydrogen-bond acceptors (Lipinski definition) is 3. The number of nitrogens with two attached hydrogens (primary N) is 1. The summed E-state index contributed by atoms with van der Waals surface area (Å²) in [7, 11) is 0. The molecule has 1 aromatic heterocycles. The van der Waals surface area contributed by atoms with E-state index in [1.54, 1.807) is 12.3 Å². The van der Waals surface area contributed by atoms with Crippen molar-refractivity contribution in [3.05, 3.63) is 59.7 Å². The van der Waals surface area contributed by atoms with Crippen LogP contribution in [0.15, 0.2) is 42.6 Å². The first-order valence-electron chi connectivity index (χ1n) is 7.29. The summed E-state index contributed by atoms with van der Waals surface area (Å²) in [6.45, 7) is 5.25. The molecule has 112 valence electrons. The first-order chi connectivity index (χ1) is 10.1. The number of hydrogen-bond donors (Lipinski definition) is 1. The van der Waals surface area contributed by atoms with Crippen molar-refractivity contribution < 1.29 is 4.39 Å². The molecular formula is C17H22FN3. The largest absolute Gasteiger partial charge is 0.364 e. The van der Waals surface area contributed by atoms with E-state index < -0.39 is 0 Å². The maximum atomic E-state index is 14.3. The molecule has 4 heteroatoms.